The first-order chi connectivity index (χ1) is 17.9. The van der Waals surface area contributed by atoms with Crippen LogP contribution < -0.4 is 14.2 Å². The zero-order valence-electron chi connectivity index (χ0n) is 22.5. The third kappa shape index (κ3) is 6.10. The Morgan fingerprint density at radius 1 is 1.00 bits per heavy atom. The molecule has 0 amide bonds. The second kappa shape index (κ2) is 12.2. The molecule has 4 rings (SSSR count). The topological polar surface area (TPSA) is 69.4 Å². The normalized spacial score (nSPS) is 11.0. The van der Waals surface area contributed by atoms with Gasteiger partial charge in [-0.1, -0.05) is 61.8 Å². The summed E-state index contributed by atoms with van der Waals surface area (Å²) in [7, 11) is 1.66. The summed E-state index contributed by atoms with van der Waals surface area (Å²) in [6.07, 6.45) is 2.88. The van der Waals surface area contributed by atoms with Crippen molar-refractivity contribution in [3.8, 4) is 22.6 Å². The third-order valence-corrected chi connectivity index (χ3v) is 7.27. The molecule has 4 aromatic rings. The minimum Gasteiger partial charge on any atom is -0.491 e. The van der Waals surface area contributed by atoms with Crippen LogP contribution in [-0.2, 0) is 19.4 Å². The van der Waals surface area contributed by atoms with Crippen molar-refractivity contribution in [2.75, 3.05) is 11.8 Å². The Morgan fingerprint density at radius 2 is 1.81 bits per heavy atom. The van der Waals surface area contributed by atoms with E-state index < -0.39 is 0 Å². The Kier molecular flexibility index (Phi) is 8.77. The highest BCUT2D eigenvalue weighted by Crippen LogP contribution is 2.36. The number of hydrogen-bond acceptors (Lipinski definition) is 7. The van der Waals surface area contributed by atoms with Gasteiger partial charge in [-0.15, -0.1) is 0 Å². The van der Waals surface area contributed by atoms with Crippen LogP contribution in [0.15, 0.2) is 57.9 Å². The molecular formula is C30H35N3O3S. The number of aryl methyl sites for hydroxylation is 4. The number of ether oxygens (including phenoxy) is 2. The number of anilines is 1. The molecule has 0 aliphatic carbocycles. The van der Waals surface area contributed by atoms with Gasteiger partial charge in [0.25, 0.3) is 0 Å². The van der Waals surface area contributed by atoms with E-state index in [1.165, 1.54) is 16.7 Å². The van der Waals surface area contributed by atoms with E-state index in [1.54, 1.807) is 19.1 Å². The molecule has 0 radical (unpaired) electrons. The van der Waals surface area contributed by atoms with Gasteiger partial charge in [0, 0.05) is 22.2 Å². The van der Waals surface area contributed by atoms with Crippen LogP contribution in [0.4, 0.5) is 5.82 Å². The first-order valence-electron chi connectivity index (χ1n) is 12.7. The van der Waals surface area contributed by atoms with Gasteiger partial charge in [0.1, 0.15) is 12.4 Å². The van der Waals surface area contributed by atoms with E-state index in [0.717, 1.165) is 64.0 Å². The molecule has 7 heteroatoms. The van der Waals surface area contributed by atoms with E-state index in [2.05, 4.69) is 71.2 Å². The Labute approximate surface area is 223 Å². The minimum atomic E-state index is 0.461. The van der Waals surface area contributed by atoms with Crippen LogP contribution in [0.5, 0.6) is 11.5 Å². The van der Waals surface area contributed by atoms with Crippen LogP contribution in [0.2, 0.25) is 0 Å². The summed E-state index contributed by atoms with van der Waals surface area (Å²) >= 11 is 1.55. The summed E-state index contributed by atoms with van der Waals surface area (Å²) < 4.78 is 20.5. The molecule has 0 saturated carbocycles. The summed E-state index contributed by atoms with van der Waals surface area (Å²) in [6.45, 7) is 10.6. The molecular weight excluding hydrogens is 482 g/mol. The number of pyridine rings is 1. The fourth-order valence-electron chi connectivity index (χ4n) is 4.26. The van der Waals surface area contributed by atoms with Crippen LogP contribution in [0.1, 0.15) is 54.1 Å². The quantitative estimate of drug-likeness (QED) is 0.203. The maximum Gasteiger partial charge on any atom is 0.182 e. The van der Waals surface area contributed by atoms with Gasteiger partial charge in [0.2, 0.25) is 0 Å². The van der Waals surface area contributed by atoms with E-state index in [9.17, 15) is 0 Å². The van der Waals surface area contributed by atoms with Crippen LogP contribution in [0, 0.1) is 20.8 Å². The van der Waals surface area contributed by atoms with Crippen molar-refractivity contribution in [2.45, 2.75) is 65.4 Å². The number of methoxy groups -OCH3 is 1. The molecule has 0 fully saturated rings. The van der Waals surface area contributed by atoms with Gasteiger partial charge in [-0.2, -0.15) is 0 Å². The molecule has 194 valence electrons. The highest BCUT2D eigenvalue weighted by atomic mass is 32.2. The molecule has 0 aliphatic heterocycles. The van der Waals surface area contributed by atoms with Crippen molar-refractivity contribution in [2.24, 2.45) is 0 Å². The fourth-order valence-corrected chi connectivity index (χ4v) is 5.09. The smallest absolute Gasteiger partial charge is 0.182 e. The van der Waals surface area contributed by atoms with Gasteiger partial charge >= 0.3 is 0 Å². The maximum absolute atomic E-state index is 6.25. The van der Waals surface area contributed by atoms with Gasteiger partial charge in [-0.25, -0.2) is 0 Å². The van der Waals surface area contributed by atoms with Crippen molar-refractivity contribution >= 4 is 17.8 Å². The lowest BCUT2D eigenvalue weighted by molar-refractivity contribution is 0.282. The fraction of sp³-hybridized carbons (Fsp3) is 0.333. The number of rotatable bonds is 11. The first kappa shape index (κ1) is 26.6. The molecule has 2 heterocycles. The molecule has 0 spiro atoms. The van der Waals surface area contributed by atoms with Crippen molar-refractivity contribution < 1.29 is 14.0 Å². The van der Waals surface area contributed by atoms with E-state index in [4.69, 9.17) is 14.0 Å². The SMILES string of the molecule is CCCc1cc(COc2cc(CC)nc(C)c2OC)ccc1-c1ccccc1SNc1noc(C)c1C. The molecule has 6 nitrogen and oxygen atoms in total. The van der Waals surface area contributed by atoms with Crippen molar-refractivity contribution in [1.29, 1.82) is 0 Å². The zero-order chi connectivity index (χ0) is 26.4. The van der Waals surface area contributed by atoms with E-state index in [-0.39, 0.29) is 0 Å². The van der Waals surface area contributed by atoms with E-state index in [0.29, 0.717) is 12.4 Å². The zero-order valence-corrected chi connectivity index (χ0v) is 23.3. The number of nitrogens with zero attached hydrogens (tertiary/aromatic N) is 2. The predicted octanol–water partition coefficient (Wildman–Crippen LogP) is 7.88. The monoisotopic (exact) mass is 517 g/mol. The largest absolute Gasteiger partial charge is 0.491 e. The summed E-state index contributed by atoms with van der Waals surface area (Å²) in [6, 6.07) is 17.0. The highest BCUT2D eigenvalue weighted by Gasteiger charge is 2.15. The second-order valence-electron chi connectivity index (χ2n) is 9.03. The van der Waals surface area contributed by atoms with Crippen LogP contribution in [-0.4, -0.2) is 17.3 Å². The molecule has 0 saturated heterocycles. The van der Waals surface area contributed by atoms with E-state index >= 15 is 0 Å². The molecule has 0 atom stereocenters. The lowest BCUT2D eigenvalue weighted by Gasteiger charge is -2.17. The summed E-state index contributed by atoms with van der Waals surface area (Å²) in [4.78, 5) is 5.72. The van der Waals surface area contributed by atoms with Gasteiger partial charge in [0.05, 0.1) is 12.8 Å². The molecule has 1 N–H and O–H groups in total. The van der Waals surface area contributed by atoms with Gasteiger partial charge < -0.3 is 18.7 Å². The first-order valence-corrected chi connectivity index (χ1v) is 13.5. The standard InChI is InChI=1S/C30H35N3O3S/c1-7-11-23-16-22(18-35-27-17-24(8-2)31-20(4)29(27)34-6)14-15-25(23)26-12-9-10-13-28(26)37-33-30-19(3)21(5)36-32-30/h9-10,12-17H,7-8,11,18H2,1-6H3,(H,32,33). The van der Waals surface area contributed by atoms with Gasteiger partial charge in [0.15, 0.2) is 17.3 Å². The Hall–Kier alpha value is -3.45. The third-order valence-electron chi connectivity index (χ3n) is 6.40. The molecule has 0 bridgehead atoms. The highest BCUT2D eigenvalue weighted by molar-refractivity contribution is 8.00. The second-order valence-corrected chi connectivity index (χ2v) is 9.87. The number of hydrogen-bond donors (Lipinski definition) is 1. The maximum atomic E-state index is 6.25. The number of benzene rings is 2. The van der Waals surface area contributed by atoms with E-state index in [1.807, 2.05) is 26.8 Å². The average Bonchev–Trinajstić information content (AvgIpc) is 3.23. The Bertz CT molecular complexity index is 1370. The van der Waals surface area contributed by atoms with Gasteiger partial charge in [-0.3, -0.25) is 4.98 Å². The molecule has 0 unspecified atom stereocenters. The molecule has 2 aromatic carbocycles. The van der Waals surface area contributed by atoms with Crippen molar-refractivity contribution in [1.82, 2.24) is 10.1 Å². The van der Waals surface area contributed by atoms with Gasteiger partial charge in [-0.05, 0) is 73.9 Å². The number of nitrogens with one attached hydrogen (secondary N) is 1. The van der Waals surface area contributed by atoms with Crippen LogP contribution in [0.3, 0.4) is 0 Å². The summed E-state index contributed by atoms with van der Waals surface area (Å²) in [5.74, 6) is 3.01. The molecule has 0 aliphatic rings. The lowest BCUT2D eigenvalue weighted by atomic mass is 9.95. The predicted molar refractivity (Wildman–Crippen MR) is 151 cm³/mol. The van der Waals surface area contributed by atoms with Crippen molar-refractivity contribution in [3.63, 3.8) is 0 Å². The van der Waals surface area contributed by atoms with Crippen LogP contribution in [0.25, 0.3) is 11.1 Å². The summed E-state index contributed by atoms with van der Waals surface area (Å²) in [5.41, 5.74) is 7.71. The average molecular weight is 518 g/mol. The minimum absolute atomic E-state index is 0.461. The lowest BCUT2D eigenvalue weighted by Crippen LogP contribution is -2.03. The summed E-state index contributed by atoms with van der Waals surface area (Å²) in [5, 5.41) is 4.13. The Balaban J connectivity index is 1.59. The molecule has 2 aromatic heterocycles. The Morgan fingerprint density at radius 3 is 2.51 bits per heavy atom. The molecule has 37 heavy (non-hydrogen) atoms. The number of aromatic nitrogens is 2. The van der Waals surface area contributed by atoms with Crippen LogP contribution >= 0.6 is 11.9 Å². The van der Waals surface area contributed by atoms with Crippen molar-refractivity contribution in [3.05, 3.63) is 82.4 Å².